The first-order valence-electron chi connectivity index (χ1n) is 12.0. The van der Waals surface area contributed by atoms with Crippen molar-refractivity contribution < 1.29 is 23.1 Å². The highest BCUT2D eigenvalue weighted by atomic mass is 19.1. The SMILES string of the molecule is CCCOc1ccc(C2c3c(oc4ccc(F)cc4c3=O)C(=O)N2c2cccc(C)c2)cc1OCC. The van der Waals surface area contributed by atoms with Gasteiger partial charge in [-0.2, -0.15) is 0 Å². The van der Waals surface area contributed by atoms with Crippen LogP contribution in [0.1, 0.15) is 53.6 Å². The Hall–Kier alpha value is -4.13. The van der Waals surface area contributed by atoms with Crippen LogP contribution in [0.15, 0.2) is 69.9 Å². The summed E-state index contributed by atoms with van der Waals surface area (Å²) < 4.78 is 31.7. The number of ether oxygens (including phenoxy) is 2. The van der Waals surface area contributed by atoms with E-state index in [4.69, 9.17) is 13.9 Å². The zero-order valence-corrected chi connectivity index (χ0v) is 20.3. The third-order valence-corrected chi connectivity index (χ3v) is 6.16. The van der Waals surface area contributed by atoms with E-state index in [2.05, 4.69) is 0 Å². The highest BCUT2D eigenvalue weighted by molar-refractivity contribution is 6.10. The van der Waals surface area contributed by atoms with Gasteiger partial charge in [0.2, 0.25) is 5.76 Å². The number of halogens is 1. The standard InChI is InChI=1S/C29H26FNO5/c1-4-13-35-23-11-9-18(15-24(23)34-5-2)26-25-27(32)21-16-19(30)10-12-22(21)36-28(25)29(33)31(26)20-8-6-7-17(3)14-20/h6-12,14-16,26H,4-5,13H2,1-3H3. The molecule has 1 atom stereocenters. The molecule has 5 rings (SSSR count). The summed E-state index contributed by atoms with van der Waals surface area (Å²) in [6.07, 6.45) is 0.837. The van der Waals surface area contributed by atoms with E-state index in [-0.39, 0.29) is 22.3 Å². The summed E-state index contributed by atoms with van der Waals surface area (Å²) in [7, 11) is 0. The molecule has 0 bridgehead atoms. The van der Waals surface area contributed by atoms with Crippen molar-refractivity contribution in [1.82, 2.24) is 0 Å². The summed E-state index contributed by atoms with van der Waals surface area (Å²) in [5.41, 5.74) is 2.12. The first kappa shape index (κ1) is 23.6. The summed E-state index contributed by atoms with van der Waals surface area (Å²) in [5, 5.41) is 0.0885. The van der Waals surface area contributed by atoms with Crippen LogP contribution in [-0.2, 0) is 0 Å². The van der Waals surface area contributed by atoms with E-state index in [0.717, 1.165) is 18.1 Å². The molecule has 1 aromatic heterocycles. The predicted octanol–water partition coefficient (Wildman–Crippen LogP) is 6.18. The lowest BCUT2D eigenvalue weighted by Crippen LogP contribution is -2.29. The number of nitrogens with zero attached hydrogens (tertiary/aromatic N) is 1. The van der Waals surface area contributed by atoms with E-state index in [9.17, 15) is 14.0 Å². The molecular formula is C29H26FNO5. The van der Waals surface area contributed by atoms with Gasteiger partial charge in [0.25, 0.3) is 5.91 Å². The monoisotopic (exact) mass is 487 g/mol. The highest BCUT2D eigenvalue weighted by Gasteiger charge is 2.44. The van der Waals surface area contributed by atoms with Crippen molar-refractivity contribution in [2.75, 3.05) is 18.1 Å². The zero-order chi connectivity index (χ0) is 25.4. The fourth-order valence-electron chi connectivity index (χ4n) is 4.60. The number of anilines is 1. The van der Waals surface area contributed by atoms with Crippen LogP contribution in [0.4, 0.5) is 10.1 Å². The largest absolute Gasteiger partial charge is 0.490 e. The van der Waals surface area contributed by atoms with Crippen molar-refractivity contribution >= 4 is 22.6 Å². The van der Waals surface area contributed by atoms with Crippen LogP contribution in [-0.4, -0.2) is 19.1 Å². The fraction of sp³-hybridized carbons (Fsp3) is 0.241. The summed E-state index contributed by atoms with van der Waals surface area (Å²) in [5.74, 6) is 0.0665. The van der Waals surface area contributed by atoms with Crippen LogP contribution >= 0.6 is 0 Å². The van der Waals surface area contributed by atoms with Crippen LogP contribution in [0, 0.1) is 12.7 Å². The molecule has 2 heterocycles. The quantitative estimate of drug-likeness (QED) is 0.311. The Kier molecular flexibility index (Phi) is 6.22. The Morgan fingerprint density at radius 1 is 0.972 bits per heavy atom. The molecule has 0 aliphatic carbocycles. The number of aryl methyl sites for hydroxylation is 1. The minimum Gasteiger partial charge on any atom is -0.490 e. The maximum Gasteiger partial charge on any atom is 0.295 e. The Morgan fingerprint density at radius 3 is 2.56 bits per heavy atom. The lowest BCUT2D eigenvalue weighted by molar-refractivity contribution is 0.0971. The van der Waals surface area contributed by atoms with Gasteiger partial charge >= 0.3 is 0 Å². The molecule has 1 aliphatic rings. The maximum absolute atomic E-state index is 14.0. The van der Waals surface area contributed by atoms with E-state index >= 15 is 0 Å². The molecule has 7 heteroatoms. The molecule has 4 aromatic rings. The topological polar surface area (TPSA) is 69.0 Å². The molecular weight excluding hydrogens is 461 g/mol. The normalized spacial score (nSPS) is 14.8. The molecule has 1 aliphatic heterocycles. The van der Waals surface area contributed by atoms with E-state index in [1.165, 1.54) is 12.1 Å². The maximum atomic E-state index is 14.0. The molecule has 1 amide bonds. The third-order valence-electron chi connectivity index (χ3n) is 6.16. The first-order valence-corrected chi connectivity index (χ1v) is 12.0. The molecule has 0 radical (unpaired) electrons. The number of carbonyl (C=O) groups excluding carboxylic acids is 1. The number of hydrogen-bond donors (Lipinski definition) is 0. The number of carbonyl (C=O) groups is 1. The van der Waals surface area contributed by atoms with Gasteiger partial charge in [0.1, 0.15) is 11.4 Å². The molecule has 6 nitrogen and oxygen atoms in total. The molecule has 0 N–H and O–H groups in total. The van der Waals surface area contributed by atoms with E-state index in [1.807, 2.05) is 51.1 Å². The molecule has 3 aromatic carbocycles. The number of amides is 1. The van der Waals surface area contributed by atoms with Crippen LogP contribution in [0.25, 0.3) is 11.0 Å². The van der Waals surface area contributed by atoms with Gasteiger partial charge < -0.3 is 13.9 Å². The van der Waals surface area contributed by atoms with E-state index in [0.29, 0.717) is 36.0 Å². The van der Waals surface area contributed by atoms with Crippen molar-refractivity contribution in [3.8, 4) is 11.5 Å². The van der Waals surface area contributed by atoms with Crippen molar-refractivity contribution in [2.45, 2.75) is 33.2 Å². The van der Waals surface area contributed by atoms with Gasteiger partial charge in [0.15, 0.2) is 16.9 Å². The molecule has 1 unspecified atom stereocenters. The van der Waals surface area contributed by atoms with Crippen molar-refractivity contribution in [3.05, 3.63) is 99.2 Å². The van der Waals surface area contributed by atoms with E-state index in [1.54, 1.807) is 17.0 Å². The van der Waals surface area contributed by atoms with Crippen LogP contribution in [0.5, 0.6) is 11.5 Å². The van der Waals surface area contributed by atoms with E-state index < -0.39 is 23.2 Å². The summed E-state index contributed by atoms with van der Waals surface area (Å²) in [6, 6.07) is 15.8. The number of hydrogen-bond acceptors (Lipinski definition) is 5. The third kappa shape index (κ3) is 4.00. The Labute approximate surface area is 207 Å². The average Bonchev–Trinajstić information content (AvgIpc) is 3.16. The molecule has 0 fully saturated rings. The minimum atomic E-state index is -0.794. The lowest BCUT2D eigenvalue weighted by atomic mass is 9.97. The molecule has 0 saturated carbocycles. The second-order valence-corrected chi connectivity index (χ2v) is 8.72. The minimum absolute atomic E-state index is 0.0464. The van der Waals surface area contributed by atoms with Crippen LogP contribution in [0.3, 0.4) is 0 Å². The summed E-state index contributed by atoms with van der Waals surface area (Å²) in [4.78, 5) is 29.0. The lowest BCUT2D eigenvalue weighted by Gasteiger charge is -2.26. The smallest absolute Gasteiger partial charge is 0.295 e. The first-order chi connectivity index (χ1) is 17.4. The van der Waals surface area contributed by atoms with Crippen LogP contribution in [0.2, 0.25) is 0 Å². The zero-order valence-electron chi connectivity index (χ0n) is 20.3. The molecule has 36 heavy (non-hydrogen) atoms. The van der Waals surface area contributed by atoms with Crippen LogP contribution < -0.4 is 19.8 Å². The van der Waals surface area contributed by atoms with Gasteiger partial charge in [0, 0.05) is 5.69 Å². The molecule has 0 saturated heterocycles. The number of rotatable bonds is 7. The molecule has 0 spiro atoms. The van der Waals surface area contributed by atoms with Gasteiger partial charge in [0.05, 0.1) is 30.2 Å². The number of fused-ring (bicyclic) bond motifs is 2. The number of benzene rings is 3. The van der Waals surface area contributed by atoms with Gasteiger partial charge in [-0.3, -0.25) is 14.5 Å². The van der Waals surface area contributed by atoms with Gasteiger partial charge in [-0.15, -0.1) is 0 Å². The Balaban J connectivity index is 1.76. The molecule has 184 valence electrons. The summed E-state index contributed by atoms with van der Waals surface area (Å²) >= 11 is 0. The Morgan fingerprint density at radius 2 is 1.81 bits per heavy atom. The fourth-order valence-corrected chi connectivity index (χ4v) is 4.60. The second kappa shape index (κ2) is 9.49. The summed E-state index contributed by atoms with van der Waals surface area (Å²) in [6.45, 7) is 6.77. The van der Waals surface area contributed by atoms with Crippen molar-refractivity contribution in [2.24, 2.45) is 0 Å². The van der Waals surface area contributed by atoms with Crippen molar-refractivity contribution in [3.63, 3.8) is 0 Å². The highest BCUT2D eigenvalue weighted by Crippen LogP contribution is 2.43. The van der Waals surface area contributed by atoms with Gasteiger partial charge in [-0.05, 0) is 73.9 Å². The van der Waals surface area contributed by atoms with Gasteiger partial charge in [-0.1, -0.05) is 25.1 Å². The average molecular weight is 488 g/mol. The predicted molar refractivity (Wildman–Crippen MR) is 136 cm³/mol. The van der Waals surface area contributed by atoms with Crippen molar-refractivity contribution in [1.29, 1.82) is 0 Å². The second-order valence-electron chi connectivity index (χ2n) is 8.72. The van der Waals surface area contributed by atoms with Gasteiger partial charge in [-0.25, -0.2) is 4.39 Å². The Bertz CT molecular complexity index is 1530.